The highest BCUT2D eigenvalue weighted by Crippen LogP contribution is 2.43. The maximum absolute atomic E-state index is 14.0. The summed E-state index contributed by atoms with van der Waals surface area (Å²) >= 11 is 0. The second-order valence-corrected chi connectivity index (χ2v) is 14.6. The molecule has 1 aliphatic carbocycles. The highest BCUT2D eigenvalue weighted by atomic mass is 32.2. The average molecular weight is 622 g/mol. The van der Waals surface area contributed by atoms with Gasteiger partial charge in [0.25, 0.3) is 0 Å². The number of carbonyl (C=O) groups excluding carboxylic acids is 2. The summed E-state index contributed by atoms with van der Waals surface area (Å²) in [6.07, 6.45) is -2.93. The van der Waals surface area contributed by atoms with Crippen LogP contribution in [0.4, 0.5) is 13.2 Å². The predicted octanol–water partition coefficient (Wildman–Crippen LogP) is 5.60. The number of amides is 2. The van der Waals surface area contributed by atoms with Crippen molar-refractivity contribution in [1.82, 2.24) is 9.80 Å². The third-order valence-electron chi connectivity index (χ3n) is 9.31. The van der Waals surface area contributed by atoms with Gasteiger partial charge in [0, 0.05) is 30.2 Å². The largest absolute Gasteiger partial charge is 0.416 e. The lowest BCUT2D eigenvalue weighted by molar-refractivity contribution is -0.139. The second kappa shape index (κ2) is 12.6. The smallest absolute Gasteiger partial charge is 0.366 e. The van der Waals surface area contributed by atoms with Crippen molar-refractivity contribution in [3.63, 3.8) is 0 Å². The van der Waals surface area contributed by atoms with Gasteiger partial charge in [-0.15, -0.1) is 0 Å². The van der Waals surface area contributed by atoms with Gasteiger partial charge < -0.3 is 15.5 Å². The van der Waals surface area contributed by atoms with Crippen molar-refractivity contribution < 1.29 is 31.2 Å². The van der Waals surface area contributed by atoms with Crippen molar-refractivity contribution in [2.24, 2.45) is 11.7 Å². The molecule has 2 amide bonds. The molecule has 2 fully saturated rings. The maximum Gasteiger partial charge on any atom is 0.416 e. The summed E-state index contributed by atoms with van der Waals surface area (Å²) in [6.45, 7) is 8.36. The Morgan fingerprint density at radius 3 is 2.26 bits per heavy atom. The minimum Gasteiger partial charge on any atom is -0.366 e. The molecule has 0 aromatic heterocycles. The van der Waals surface area contributed by atoms with Crippen molar-refractivity contribution in [3.05, 3.63) is 64.7 Å². The molecule has 0 radical (unpaired) electrons. The van der Waals surface area contributed by atoms with Crippen LogP contribution in [0.2, 0.25) is 0 Å². The molecule has 1 saturated carbocycles. The Balaban J connectivity index is 1.68. The molecular weight excluding hydrogens is 579 g/mol. The number of alkyl halides is 3. The van der Waals surface area contributed by atoms with Gasteiger partial charge in [0.1, 0.15) is 0 Å². The summed E-state index contributed by atoms with van der Waals surface area (Å²) < 4.78 is 69.5. The van der Waals surface area contributed by atoms with Crippen LogP contribution in [0.25, 0.3) is 0 Å². The first-order valence-electron chi connectivity index (χ1n) is 14.9. The number of hydrogen-bond acceptors (Lipinski definition) is 5. The Kier molecular flexibility index (Phi) is 9.66. The normalized spacial score (nSPS) is 23.5. The van der Waals surface area contributed by atoms with E-state index in [1.165, 1.54) is 6.07 Å². The van der Waals surface area contributed by atoms with Gasteiger partial charge in [-0.2, -0.15) is 13.2 Å². The zero-order valence-electron chi connectivity index (χ0n) is 25.4. The van der Waals surface area contributed by atoms with E-state index >= 15 is 0 Å². The molecule has 236 valence electrons. The van der Waals surface area contributed by atoms with E-state index in [9.17, 15) is 31.2 Å². The molecule has 4 rings (SSSR count). The second-order valence-electron chi connectivity index (χ2n) is 12.6. The number of nitrogens with zero attached hydrogens (tertiary/aromatic N) is 2. The number of likely N-dealkylation sites (tertiary alicyclic amines) is 1. The van der Waals surface area contributed by atoms with E-state index in [4.69, 9.17) is 5.73 Å². The maximum atomic E-state index is 14.0. The number of benzene rings is 2. The predicted molar refractivity (Wildman–Crippen MR) is 159 cm³/mol. The van der Waals surface area contributed by atoms with Crippen LogP contribution in [0, 0.1) is 5.92 Å². The van der Waals surface area contributed by atoms with Crippen LogP contribution in [0.15, 0.2) is 47.4 Å². The molecular formula is C32H42F3N3O4S. The third kappa shape index (κ3) is 6.93. The number of sulfone groups is 1. The summed E-state index contributed by atoms with van der Waals surface area (Å²) in [5.41, 5.74) is 4.72. The van der Waals surface area contributed by atoms with Crippen molar-refractivity contribution >= 4 is 21.7 Å². The number of hydrogen-bond donors (Lipinski definition) is 1. The molecule has 7 nitrogen and oxygen atoms in total. The molecule has 1 heterocycles. The van der Waals surface area contributed by atoms with Gasteiger partial charge in [0.2, 0.25) is 11.8 Å². The summed E-state index contributed by atoms with van der Waals surface area (Å²) in [6, 6.07) is 9.93. The molecule has 0 spiro atoms. The standard InChI is InChI=1S/C32H42F3N3O4S/c1-19(2)21-9-12-24(13-10-21)43(41,42)18-22-17-23(37(5)20(3)4)11-14-28(22)38-16-15-26(31(38)40)29-25(30(36)39)7-6-8-27(29)32(33,34)35/h6-10,12-13,19-20,22-23,26,28H,11,14-18H2,1-5H3,(H2,36,39)/t22-,23+,26-,28-/m0/s1. The monoisotopic (exact) mass is 621 g/mol. The fraction of sp³-hybridized carbons (Fsp3) is 0.562. The van der Waals surface area contributed by atoms with Crippen LogP contribution in [-0.4, -0.2) is 67.5 Å². The first-order chi connectivity index (χ1) is 20.0. The van der Waals surface area contributed by atoms with Crippen LogP contribution in [0.1, 0.15) is 92.3 Å². The summed E-state index contributed by atoms with van der Waals surface area (Å²) in [4.78, 5) is 30.1. The van der Waals surface area contributed by atoms with E-state index in [2.05, 4.69) is 18.7 Å². The average Bonchev–Trinajstić information content (AvgIpc) is 3.31. The van der Waals surface area contributed by atoms with Crippen LogP contribution >= 0.6 is 0 Å². The highest BCUT2D eigenvalue weighted by molar-refractivity contribution is 7.91. The van der Waals surface area contributed by atoms with Crippen LogP contribution in [0.5, 0.6) is 0 Å². The Hall–Kier alpha value is -2.92. The summed E-state index contributed by atoms with van der Waals surface area (Å²) in [5, 5.41) is 0. The number of carbonyl (C=O) groups is 2. The topological polar surface area (TPSA) is 101 Å². The molecule has 2 N–H and O–H groups in total. The quantitative estimate of drug-likeness (QED) is 0.393. The van der Waals surface area contributed by atoms with E-state index in [1.807, 2.05) is 33.0 Å². The molecule has 2 aromatic carbocycles. The Labute approximate surface area is 252 Å². The Morgan fingerprint density at radius 2 is 1.70 bits per heavy atom. The lowest BCUT2D eigenvalue weighted by Gasteiger charge is -2.44. The fourth-order valence-corrected chi connectivity index (χ4v) is 8.41. The zero-order valence-corrected chi connectivity index (χ0v) is 26.2. The molecule has 2 aliphatic rings. The van der Waals surface area contributed by atoms with Gasteiger partial charge in [-0.3, -0.25) is 9.59 Å². The highest BCUT2D eigenvalue weighted by Gasteiger charge is 2.47. The van der Waals surface area contributed by atoms with Gasteiger partial charge in [-0.05, 0) is 93.8 Å². The SMILES string of the molecule is CC(C)c1ccc(S(=O)(=O)C[C@@H]2C[C@H](N(C)C(C)C)CC[C@@H]2N2CC[C@@H](c3c(C(N)=O)cccc3C(F)(F)F)C2=O)cc1. The molecule has 43 heavy (non-hydrogen) atoms. The van der Waals surface area contributed by atoms with Gasteiger partial charge in [0.05, 0.1) is 22.1 Å². The molecule has 4 atom stereocenters. The van der Waals surface area contributed by atoms with Gasteiger partial charge in [0.15, 0.2) is 9.84 Å². The van der Waals surface area contributed by atoms with Crippen LogP contribution in [0.3, 0.4) is 0 Å². The molecule has 0 unspecified atom stereocenters. The molecule has 2 aromatic rings. The lowest BCUT2D eigenvalue weighted by Crippen LogP contribution is -2.51. The van der Waals surface area contributed by atoms with Gasteiger partial charge in [-0.1, -0.05) is 32.0 Å². The summed E-state index contributed by atoms with van der Waals surface area (Å²) in [5.74, 6) is -3.11. The first kappa shape index (κ1) is 33.0. The Bertz CT molecular complexity index is 1440. The number of nitrogens with two attached hydrogens (primary N) is 1. The van der Waals surface area contributed by atoms with E-state index in [-0.39, 0.29) is 47.2 Å². The molecule has 11 heteroatoms. The zero-order chi connectivity index (χ0) is 31.9. The van der Waals surface area contributed by atoms with Crippen molar-refractivity contribution in [2.75, 3.05) is 19.3 Å². The minimum absolute atomic E-state index is 0.0775. The fourth-order valence-electron chi connectivity index (χ4n) is 6.74. The number of rotatable bonds is 9. The van der Waals surface area contributed by atoms with Crippen LogP contribution < -0.4 is 5.73 Å². The third-order valence-corrected chi connectivity index (χ3v) is 11.2. The van der Waals surface area contributed by atoms with Crippen LogP contribution in [-0.2, 0) is 20.8 Å². The van der Waals surface area contributed by atoms with E-state index < -0.39 is 56.8 Å². The number of primary amides is 1. The van der Waals surface area contributed by atoms with Crippen molar-refractivity contribution in [2.45, 2.75) is 94.4 Å². The Morgan fingerprint density at radius 1 is 1.05 bits per heavy atom. The number of halogens is 3. The van der Waals surface area contributed by atoms with Crippen molar-refractivity contribution in [1.29, 1.82) is 0 Å². The molecule has 0 bridgehead atoms. The van der Waals surface area contributed by atoms with Gasteiger partial charge in [-0.25, -0.2) is 8.42 Å². The van der Waals surface area contributed by atoms with E-state index in [1.54, 1.807) is 17.0 Å². The molecule has 1 saturated heterocycles. The van der Waals surface area contributed by atoms with Crippen molar-refractivity contribution in [3.8, 4) is 0 Å². The summed E-state index contributed by atoms with van der Waals surface area (Å²) in [7, 11) is -1.73. The van der Waals surface area contributed by atoms with Gasteiger partial charge >= 0.3 is 6.18 Å². The van der Waals surface area contributed by atoms with E-state index in [0.29, 0.717) is 12.8 Å². The van der Waals surface area contributed by atoms with E-state index in [0.717, 1.165) is 24.1 Å². The lowest BCUT2D eigenvalue weighted by atomic mass is 9.80. The first-order valence-corrected chi connectivity index (χ1v) is 16.5. The molecule has 1 aliphatic heterocycles. The minimum atomic E-state index is -4.78.